The molecule has 1 aliphatic rings. The van der Waals surface area contributed by atoms with Crippen LogP contribution in [0.2, 0.25) is 0 Å². The molecule has 202 valence electrons. The van der Waals surface area contributed by atoms with Crippen molar-refractivity contribution in [3.05, 3.63) is 126 Å². The number of guanidine groups is 1. The maximum atomic E-state index is 13.7. The number of hydrogen-bond donors (Lipinski definition) is 3. The number of methoxy groups -OCH3 is 1. The molecule has 41 heavy (non-hydrogen) atoms. The van der Waals surface area contributed by atoms with Crippen LogP contribution in [0.4, 0.5) is 11.6 Å². The van der Waals surface area contributed by atoms with Crippen molar-refractivity contribution in [2.24, 2.45) is 4.99 Å². The Balaban J connectivity index is 1.36. The van der Waals surface area contributed by atoms with Crippen LogP contribution in [0.15, 0.2) is 125 Å². The fourth-order valence-electron chi connectivity index (χ4n) is 4.90. The SMILES string of the molecule is COc1ccccc1NC(=O)C1=C(C)NC(Nc2nc(-c3ccccc3)c3ccccc3n2)=NC1c1ccccc1. The van der Waals surface area contributed by atoms with Crippen LogP contribution in [0.5, 0.6) is 5.75 Å². The lowest BCUT2D eigenvalue weighted by atomic mass is 9.95. The highest BCUT2D eigenvalue weighted by Crippen LogP contribution is 2.33. The highest BCUT2D eigenvalue weighted by Gasteiger charge is 2.30. The van der Waals surface area contributed by atoms with Crippen molar-refractivity contribution in [3.8, 4) is 17.0 Å². The molecule has 0 bridgehead atoms. The Labute approximate surface area is 237 Å². The van der Waals surface area contributed by atoms with Crippen LogP contribution in [-0.4, -0.2) is 28.9 Å². The number of amides is 1. The number of nitrogens with one attached hydrogen (secondary N) is 3. The van der Waals surface area contributed by atoms with Gasteiger partial charge in [0.25, 0.3) is 5.91 Å². The molecule has 0 spiro atoms. The molecule has 8 nitrogen and oxygen atoms in total. The number of aromatic nitrogens is 2. The third kappa shape index (κ3) is 5.35. The first-order valence-electron chi connectivity index (χ1n) is 13.2. The number of hydrogen-bond acceptors (Lipinski definition) is 7. The highest BCUT2D eigenvalue weighted by atomic mass is 16.5. The number of fused-ring (bicyclic) bond motifs is 1. The molecule has 1 aliphatic heterocycles. The summed E-state index contributed by atoms with van der Waals surface area (Å²) in [4.78, 5) is 28.2. The minimum Gasteiger partial charge on any atom is -0.495 e. The molecule has 5 aromatic rings. The summed E-state index contributed by atoms with van der Waals surface area (Å²) in [6.07, 6.45) is 0. The molecular weight excluding hydrogens is 512 g/mol. The first-order chi connectivity index (χ1) is 20.1. The molecule has 8 heteroatoms. The number of aliphatic imine (C=N–C) groups is 1. The van der Waals surface area contributed by atoms with Crippen LogP contribution in [0, 0.1) is 0 Å². The van der Waals surface area contributed by atoms with Gasteiger partial charge in [0, 0.05) is 16.6 Å². The van der Waals surface area contributed by atoms with Gasteiger partial charge < -0.3 is 15.4 Å². The molecule has 2 heterocycles. The van der Waals surface area contributed by atoms with Crippen LogP contribution >= 0.6 is 0 Å². The van der Waals surface area contributed by atoms with Crippen LogP contribution in [-0.2, 0) is 4.79 Å². The van der Waals surface area contributed by atoms with Gasteiger partial charge in [0.2, 0.25) is 11.9 Å². The summed E-state index contributed by atoms with van der Waals surface area (Å²) in [5, 5.41) is 10.5. The van der Waals surface area contributed by atoms with Crippen molar-refractivity contribution in [3.63, 3.8) is 0 Å². The lowest BCUT2D eigenvalue weighted by molar-refractivity contribution is -0.113. The molecule has 1 atom stereocenters. The van der Waals surface area contributed by atoms with Gasteiger partial charge >= 0.3 is 0 Å². The molecule has 0 aliphatic carbocycles. The minimum absolute atomic E-state index is 0.274. The van der Waals surface area contributed by atoms with Crippen LogP contribution in [0.25, 0.3) is 22.2 Å². The molecule has 1 amide bonds. The third-order valence-corrected chi connectivity index (χ3v) is 6.84. The standard InChI is InChI=1S/C33H28N6O2/c1-21-28(31(40)35-26-19-11-12-20-27(26)41-2)30(23-15-7-4-8-16-23)38-32(34-21)39-33-36-25-18-10-9-17-24(25)29(37-33)22-13-5-3-6-14-22/h3-20,30H,1-2H3,(H,35,40)(H2,34,36,37,38,39). The van der Waals surface area contributed by atoms with Gasteiger partial charge in [-0.25, -0.2) is 15.0 Å². The highest BCUT2D eigenvalue weighted by molar-refractivity contribution is 6.08. The Bertz CT molecular complexity index is 1780. The summed E-state index contributed by atoms with van der Waals surface area (Å²) < 4.78 is 5.43. The smallest absolute Gasteiger partial charge is 0.255 e. The van der Waals surface area contributed by atoms with Crippen molar-refractivity contribution >= 4 is 34.4 Å². The van der Waals surface area contributed by atoms with Gasteiger partial charge in [0.1, 0.15) is 11.8 Å². The number of nitrogens with zero attached hydrogens (tertiary/aromatic N) is 3. The second kappa shape index (κ2) is 11.3. The van der Waals surface area contributed by atoms with Crippen LogP contribution in [0.1, 0.15) is 18.5 Å². The van der Waals surface area contributed by atoms with E-state index in [2.05, 4.69) is 16.0 Å². The van der Waals surface area contributed by atoms with E-state index >= 15 is 0 Å². The number of carbonyl (C=O) groups is 1. The van der Waals surface area contributed by atoms with E-state index in [1.165, 1.54) is 0 Å². The number of rotatable bonds is 6. The third-order valence-electron chi connectivity index (χ3n) is 6.84. The Morgan fingerprint density at radius 3 is 2.29 bits per heavy atom. The normalized spacial score (nSPS) is 14.7. The summed E-state index contributed by atoms with van der Waals surface area (Å²) >= 11 is 0. The van der Waals surface area contributed by atoms with Crippen molar-refractivity contribution in [1.82, 2.24) is 15.3 Å². The monoisotopic (exact) mass is 540 g/mol. The fourth-order valence-corrected chi connectivity index (χ4v) is 4.90. The van der Waals surface area contributed by atoms with E-state index in [0.29, 0.717) is 34.6 Å². The summed E-state index contributed by atoms with van der Waals surface area (Å²) in [5.41, 5.74) is 5.23. The number of para-hydroxylation sites is 3. The zero-order valence-electron chi connectivity index (χ0n) is 22.6. The Morgan fingerprint density at radius 1 is 0.829 bits per heavy atom. The molecular formula is C33H28N6O2. The van der Waals surface area contributed by atoms with Crippen LogP contribution < -0.4 is 20.7 Å². The van der Waals surface area contributed by atoms with E-state index in [4.69, 9.17) is 19.7 Å². The van der Waals surface area contributed by atoms with Gasteiger partial charge in [0.05, 0.1) is 29.6 Å². The molecule has 6 rings (SSSR count). The van der Waals surface area contributed by atoms with Crippen molar-refractivity contribution in [1.29, 1.82) is 0 Å². The van der Waals surface area contributed by atoms with Gasteiger partial charge in [0.15, 0.2) is 0 Å². The lowest BCUT2D eigenvalue weighted by Crippen LogP contribution is -2.37. The molecule has 0 saturated heterocycles. The number of benzene rings is 4. The minimum atomic E-state index is -0.566. The Kier molecular flexibility index (Phi) is 7.11. The van der Waals surface area contributed by atoms with Gasteiger partial charge in [-0.3, -0.25) is 10.1 Å². The van der Waals surface area contributed by atoms with Gasteiger partial charge in [-0.05, 0) is 30.7 Å². The number of allylic oxidation sites excluding steroid dienone is 1. The van der Waals surface area contributed by atoms with Crippen molar-refractivity contribution in [2.45, 2.75) is 13.0 Å². The zero-order valence-corrected chi connectivity index (χ0v) is 22.6. The number of carbonyl (C=O) groups excluding carboxylic acids is 1. The second-order valence-electron chi connectivity index (χ2n) is 9.51. The summed E-state index contributed by atoms with van der Waals surface area (Å²) in [7, 11) is 1.57. The molecule has 3 N–H and O–H groups in total. The molecule has 1 unspecified atom stereocenters. The predicted molar refractivity (Wildman–Crippen MR) is 163 cm³/mol. The van der Waals surface area contributed by atoms with E-state index in [9.17, 15) is 4.79 Å². The average molecular weight is 541 g/mol. The predicted octanol–water partition coefficient (Wildman–Crippen LogP) is 6.33. The average Bonchev–Trinajstić information content (AvgIpc) is 3.01. The maximum absolute atomic E-state index is 13.7. The molecule has 0 fully saturated rings. The van der Waals surface area contributed by atoms with Gasteiger partial charge in [-0.15, -0.1) is 0 Å². The molecule has 1 aromatic heterocycles. The first-order valence-corrected chi connectivity index (χ1v) is 13.2. The van der Waals surface area contributed by atoms with E-state index in [-0.39, 0.29) is 5.91 Å². The molecule has 4 aromatic carbocycles. The largest absolute Gasteiger partial charge is 0.495 e. The number of ether oxygens (including phenoxy) is 1. The van der Waals surface area contributed by atoms with Crippen molar-refractivity contribution in [2.75, 3.05) is 17.7 Å². The summed E-state index contributed by atoms with van der Waals surface area (Å²) in [6, 6.07) is 34.4. The Hall–Kier alpha value is -5.50. The quantitative estimate of drug-likeness (QED) is 0.233. The zero-order chi connectivity index (χ0) is 28.2. The summed E-state index contributed by atoms with van der Waals surface area (Å²) in [6.45, 7) is 1.86. The lowest BCUT2D eigenvalue weighted by Gasteiger charge is -2.27. The van der Waals surface area contributed by atoms with Gasteiger partial charge in [-0.2, -0.15) is 0 Å². The van der Waals surface area contributed by atoms with E-state index < -0.39 is 6.04 Å². The Morgan fingerprint density at radius 2 is 1.51 bits per heavy atom. The van der Waals surface area contributed by atoms with Crippen LogP contribution in [0.3, 0.4) is 0 Å². The first kappa shape index (κ1) is 25.8. The molecule has 0 radical (unpaired) electrons. The van der Waals surface area contributed by atoms with Crippen molar-refractivity contribution < 1.29 is 9.53 Å². The molecule has 0 saturated carbocycles. The van der Waals surface area contributed by atoms with E-state index in [1.807, 2.05) is 104 Å². The second-order valence-corrected chi connectivity index (χ2v) is 9.51. The number of anilines is 2. The fraction of sp³-hybridized carbons (Fsp3) is 0.0909. The van der Waals surface area contributed by atoms with Gasteiger partial charge in [-0.1, -0.05) is 91.0 Å². The summed E-state index contributed by atoms with van der Waals surface area (Å²) in [5.74, 6) is 1.15. The van der Waals surface area contributed by atoms with E-state index in [0.717, 1.165) is 27.7 Å². The van der Waals surface area contributed by atoms with E-state index in [1.54, 1.807) is 19.2 Å². The maximum Gasteiger partial charge on any atom is 0.255 e. The topological polar surface area (TPSA) is 101 Å².